The third kappa shape index (κ3) is 5.56. The monoisotopic (exact) mass is 401 g/mol. The molecule has 1 aliphatic rings. The van der Waals surface area contributed by atoms with Crippen LogP contribution in [0.1, 0.15) is 36.4 Å². The van der Waals surface area contributed by atoms with Gasteiger partial charge in [0.15, 0.2) is 0 Å². The summed E-state index contributed by atoms with van der Waals surface area (Å²) in [5.41, 5.74) is 2.08. The van der Waals surface area contributed by atoms with Crippen LogP contribution >= 0.6 is 11.3 Å². The average Bonchev–Trinajstić information content (AvgIpc) is 3.27. The highest BCUT2D eigenvalue weighted by Crippen LogP contribution is 2.25. The van der Waals surface area contributed by atoms with Crippen LogP contribution in [0.15, 0.2) is 41.1 Å². The number of rotatable bonds is 7. The summed E-state index contributed by atoms with van der Waals surface area (Å²) < 4.78 is 5.17. The van der Waals surface area contributed by atoms with Gasteiger partial charge >= 0.3 is 11.8 Å². The van der Waals surface area contributed by atoms with Crippen LogP contribution in [0, 0.1) is 0 Å². The molecule has 0 saturated carbocycles. The van der Waals surface area contributed by atoms with E-state index in [0.29, 0.717) is 6.54 Å². The van der Waals surface area contributed by atoms with Crippen LogP contribution in [0.3, 0.4) is 0 Å². The molecule has 1 aromatic carbocycles. The molecule has 2 amide bonds. The number of benzene rings is 1. The van der Waals surface area contributed by atoms with Crippen molar-refractivity contribution < 1.29 is 14.3 Å². The number of piperidine rings is 1. The second-order valence-corrected chi connectivity index (χ2v) is 7.69. The van der Waals surface area contributed by atoms with Crippen LogP contribution in [0.25, 0.3) is 0 Å². The van der Waals surface area contributed by atoms with Crippen molar-refractivity contribution in [1.82, 2.24) is 15.5 Å². The zero-order valence-electron chi connectivity index (χ0n) is 16.1. The molecule has 0 aliphatic carbocycles. The molecule has 1 fully saturated rings. The lowest BCUT2D eigenvalue weighted by Crippen LogP contribution is -2.45. The average molecular weight is 402 g/mol. The predicted octanol–water partition coefficient (Wildman–Crippen LogP) is 2.72. The van der Waals surface area contributed by atoms with Crippen LogP contribution in [0.2, 0.25) is 0 Å². The van der Waals surface area contributed by atoms with Gasteiger partial charge in [-0.2, -0.15) is 11.3 Å². The number of carbonyl (C=O) groups is 2. The summed E-state index contributed by atoms with van der Waals surface area (Å²) in [7, 11) is 1.59. The van der Waals surface area contributed by atoms with Crippen LogP contribution in [-0.2, 0) is 16.1 Å². The number of nitrogens with zero attached hydrogens (tertiary/aromatic N) is 1. The number of methoxy groups -OCH3 is 1. The van der Waals surface area contributed by atoms with E-state index in [2.05, 4.69) is 32.4 Å². The van der Waals surface area contributed by atoms with Gasteiger partial charge in [-0.15, -0.1) is 0 Å². The van der Waals surface area contributed by atoms with Gasteiger partial charge in [0.2, 0.25) is 0 Å². The van der Waals surface area contributed by atoms with E-state index in [1.807, 2.05) is 24.3 Å². The molecule has 1 saturated heterocycles. The first-order valence-corrected chi connectivity index (χ1v) is 10.6. The summed E-state index contributed by atoms with van der Waals surface area (Å²) in [6.45, 7) is 2.77. The van der Waals surface area contributed by atoms with Crippen LogP contribution in [0.5, 0.6) is 5.75 Å². The molecule has 1 aromatic heterocycles. The summed E-state index contributed by atoms with van der Waals surface area (Å²) in [6, 6.07) is 9.61. The summed E-state index contributed by atoms with van der Waals surface area (Å²) >= 11 is 1.65. The van der Waals surface area contributed by atoms with E-state index in [-0.39, 0.29) is 12.6 Å². The second-order valence-electron chi connectivity index (χ2n) is 6.91. The minimum absolute atomic E-state index is 0.113. The Kier molecular flexibility index (Phi) is 7.45. The first kappa shape index (κ1) is 20.4. The maximum Gasteiger partial charge on any atom is 0.309 e. The molecule has 2 aromatic rings. The minimum Gasteiger partial charge on any atom is -0.497 e. The molecular weight excluding hydrogens is 374 g/mol. The van der Waals surface area contributed by atoms with Gasteiger partial charge in [0.25, 0.3) is 0 Å². The normalized spacial score (nSPS) is 15.6. The van der Waals surface area contributed by atoms with Crippen molar-refractivity contribution in [3.8, 4) is 5.75 Å². The molecule has 2 heterocycles. The van der Waals surface area contributed by atoms with Crippen molar-refractivity contribution in [1.29, 1.82) is 0 Å². The number of carbonyl (C=O) groups excluding carboxylic acids is 2. The number of ether oxygens (including phenoxy) is 1. The lowest BCUT2D eigenvalue weighted by molar-refractivity contribution is -0.139. The highest BCUT2D eigenvalue weighted by molar-refractivity contribution is 7.08. The Hall–Kier alpha value is -2.38. The van der Waals surface area contributed by atoms with Gasteiger partial charge in [-0.05, 0) is 66.0 Å². The fraction of sp³-hybridized carbons (Fsp3) is 0.429. The molecule has 0 bridgehead atoms. The van der Waals surface area contributed by atoms with E-state index >= 15 is 0 Å². The maximum atomic E-state index is 12.3. The number of hydrogen-bond donors (Lipinski definition) is 2. The fourth-order valence-corrected chi connectivity index (χ4v) is 4.17. The van der Waals surface area contributed by atoms with Crippen molar-refractivity contribution in [2.45, 2.75) is 31.8 Å². The van der Waals surface area contributed by atoms with Gasteiger partial charge in [0.05, 0.1) is 13.2 Å². The zero-order valence-corrected chi connectivity index (χ0v) is 17.0. The van der Waals surface area contributed by atoms with Crippen LogP contribution in [0.4, 0.5) is 0 Å². The number of nitrogens with one attached hydrogen (secondary N) is 2. The molecule has 28 heavy (non-hydrogen) atoms. The number of likely N-dealkylation sites (tertiary alicyclic amines) is 1. The second kappa shape index (κ2) is 10.2. The Morgan fingerprint density at radius 2 is 1.93 bits per heavy atom. The van der Waals surface area contributed by atoms with E-state index in [4.69, 9.17) is 4.74 Å². The molecule has 7 heteroatoms. The number of hydrogen-bond acceptors (Lipinski definition) is 5. The van der Waals surface area contributed by atoms with Crippen LogP contribution < -0.4 is 15.4 Å². The Balaban J connectivity index is 1.52. The van der Waals surface area contributed by atoms with Gasteiger partial charge in [0, 0.05) is 13.1 Å². The molecule has 150 valence electrons. The topological polar surface area (TPSA) is 70.7 Å². The smallest absolute Gasteiger partial charge is 0.309 e. The van der Waals surface area contributed by atoms with Gasteiger partial charge in [0.1, 0.15) is 5.75 Å². The molecule has 0 spiro atoms. The van der Waals surface area contributed by atoms with E-state index in [9.17, 15) is 9.59 Å². The van der Waals surface area contributed by atoms with Crippen molar-refractivity contribution in [3.05, 3.63) is 52.2 Å². The van der Waals surface area contributed by atoms with Crippen LogP contribution in [-0.4, -0.2) is 43.5 Å². The van der Waals surface area contributed by atoms with Gasteiger partial charge in [-0.3, -0.25) is 14.5 Å². The summed E-state index contributed by atoms with van der Waals surface area (Å²) in [5.74, 6) is -0.498. The molecular formula is C21H27N3O3S. The third-order valence-corrected chi connectivity index (χ3v) is 5.71. The van der Waals surface area contributed by atoms with Crippen molar-refractivity contribution >= 4 is 23.2 Å². The van der Waals surface area contributed by atoms with E-state index in [1.165, 1.54) is 24.8 Å². The number of thiophene rings is 1. The lowest BCUT2D eigenvalue weighted by atomic mass is 10.0. The Bertz CT molecular complexity index is 773. The molecule has 1 aliphatic heterocycles. The fourth-order valence-electron chi connectivity index (χ4n) is 3.47. The number of amides is 2. The van der Waals surface area contributed by atoms with E-state index in [0.717, 1.165) is 24.4 Å². The van der Waals surface area contributed by atoms with Crippen molar-refractivity contribution in [3.63, 3.8) is 0 Å². The van der Waals surface area contributed by atoms with Gasteiger partial charge in [-0.25, -0.2) is 0 Å². The summed E-state index contributed by atoms with van der Waals surface area (Å²) in [5, 5.41) is 9.65. The SMILES string of the molecule is COc1cccc(CNC(=O)C(=O)NCC(c2ccsc2)N2CCCCC2)c1. The third-order valence-electron chi connectivity index (χ3n) is 5.01. The molecule has 1 unspecified atom stereocenters. The Morgan fingerprint density at radius 3 is 2.64 bits per heavy atom. The van der Waals surface area contributed by atoms with Crippen molar-refractivity contribution in [2.24, 2.45) is 0 Å². The predicted molar refractivity (Wildman–Crippen MR) is 110 cm³/mol. The van der Waals surface area contributed by atoms with Gasteiger partial charge in [-0.1, -0.05) is 18.6 Å². The summed E-state index contributed by atoms with van der Waals surface area (Å²) in [6.07, 6.45) is 3.61. The Labute approximate surface area is 169 Å². The lowest BCUT2D eigenvalue weighted by Gasteiger charge is -2.34. The molecule has 2 N–H and O–H groups in total. The quantitative estimate of drug-likeness (QED) is 0.700. The summed E-state index contributed by atoms with van der Waals surface area (Å²) in [4.78, 5) is 26.9. The van der Waals surface area contributed by atoms with Crippen molar-refractivity contribution in [2.75, 3.05) is 26.7 Å². The van der Waals surface area contributed by atoms with E-state index < -0.39 is 11.8 Å². The maximum absolute atomic E-state index is 12.3. The zero-order chi connectivity index (χ0) is 19.8. The standard InChI is InChI=1S/C21H27N3O3S/c1-27-18-7-5-6-16(12-18)13-22-20(25)21(26)23-14-19(17-8-11-28-15-17)24-9-3-2-4-10-24/h5-8,11-12,15,19H,2-4,9-10,13-14H2,1H3,(H,22,25)(H,23,26). The first-order valence-electron chi connectivity index (χ1n) is 9.62. The van der Waals surface area contributed by atoms with E-state index in [1.54, 1.807) is 18.4 Å². The highest BCUT2D eigenvalue weighted by atomic mass is 32.1. The Morgan fingerprint density at radius 1 is 1.14 bits per heavy atom. The van der Waals surface area contributed by atoms with Gasteiger partial charge < -0.3 is 15.4 Å². The molecule has 6 nitrogen and oxygen atoms in total. The molecule has 0 radical (unpaired) electrons. The largest absolute Gasteiger partial charge is 0.497 e. The molecule has 3 rings (SSSR count). The first-order chi connectivity index (χ1) is 13.7. The highest BCUT2D eigenvalue weighted by Gasteiger charge is 2.24. The minimum atomic E-state index is -0.620. The molecule has 1 atom stereocenters.